The smallest absolute Gasteiger partial charge is 0.255 e. The van der Waals surface area contributed by atoms with Crippen LogP contribution in [0.3, 0.4) is 0 Å². The van der Waals surface area contributed by atoms with Crippen molar-refractivity contribution in [3.8, 4) is 17.4 Å². The van der Waals surface area contributed by atoms with Gasteiger partial charge in [-0.15, -0.1) is 0 Å². The molecule has 1 atom stereocenters. The molecule has 39 heavy (non-hydrogen) atoms. The van der Waals surface area contributed by atoms with Crippen LogP contribution in [0.4, 0.5) is 16.0 Å². The Kier molecular flexibility index (Phi) is 7.53. The maximum absolute atomic E-state index is 15.1. The number of rotatable bonds is 7. The van der Waals surface area contributed by atoms with E-state index in [0.29, 0.717) is 11.3 Å². The van der Waals surface area contributed by atoms with Crippen molar-refractivity contribution in [3.05, 3.63) is 64.1 Å². The van der Waals surface area contributed by atoms with E-state index in [4.69, 9.17) is 21.1 Å². The van der Waals surface area contributed by atoms with Crippen LogP contribution < -0.4 is 25.4 Å². The van der Waals surface area contributed by atoms with E-state index in [0.717, 1.165) is 37.6 Å². The number of likely N-dealkylation sites (tertiary alicyclic amines) is 1. The second kappa shape index (κ2) is 11.0. The molecule has 12 heteroatoms. The number of piperidine rings is 1. The van der Waals surface area contributed by atoms with Crippen molar-refractivity contribution in [1.29, 1.82) is 0 Å². The SMILES string of the molecule is COc1cc(C(=O)NC2CCN(C)CC2)c(F)cc1Nc1ncc(Cl)c(Oc2cccc3c2C(=O)N[C@H]3C)n1. The number of nitrogens with zero attached hydrogens (tertiary/aromatic N) is 3. The molecule has 0 unspecified atom stereocenters. The largest absolute Gasteiger partial charge is 0.495 e. The van der Waals surface area contributed by atoms with Gasteiger partial charge in [0.1, 0.15) is 22.3 Å². The maximum Gasteiger partial charge on any atom is 0.255 e. The van der Waals surface area contributed by atoms with Crippen molar-refractivity contribution in [2.24, 2.45) is 0 Å². The van der Waals surface area contributed by atoms with Gasteiger partial charge < -0.3 is 30.3 Å². The summed E-state index contributed by atoms with van der Waals surface area (Å²) in [5, 5.41) is 8.77. The number of aromatic nitrogens is 2. The normalized spacial score (nSPS) is 17.4. The van der Waals surface area contributed by atoms with Gasteiger partial charge in [0.15, 0.2) is 0 Å². The number of fused-ring (bicyclic) bond motifs is 1. The highest BCUT2D eigenvalue weighted by molar-refractivity contribution is 6.31. The van der Waals surface area contributed by atoms with E-state index in [1.807, 2.05) is 20.0 Å². The number of carbonyl (C=O) groups excluding carboxylic acids is 2. The van der Waals surface area contributed by atoms with E-state index in [9.17, 15) is 9.59 Å². The minimum atomic E-state index is -0.728. The zero-order valence-electron chi connectivity index (χ0n) is 21.7. The zero-order chi connectivity index (χ0) is 27.7. The summed E-state index contributed by atoms with van der Waals surface area (Å²) in [6.45, 7) is 3.61. The topological polar surface area (TPSA) is 118 Å². The molecule has 0 saturated carbocycles. The molecule has 1 aromatic heterocycles. The number of amides is 2. The lowest BCUT2D eigenvalue weighted by molar-refractivity contribution is 0.0911. The molecule has 1 fully saturated rings. The van der Waals surface area contributed by atoms with Crippen LogP contribution in [0.5, 0.6) is 17.4 Å². The first kappa shape index (κ1) is 26.6. The molecule has 0 bridgehead atoms. The van der Waals surface area contributed by atoms with Crippen molar-refractivity contribution in [1.82, 2.24) is 25.5 Å². The number of halogens is 2. The average molecular weight is 555 g/mol. The Labute approximate surface area is 229 Å². The Hall–Kier alpha value is -3.96. The highest BCUT2D eigenvalue weighted by Crippen LogP contribution is 2.37. The number of ether oxygens (including phenoxy) is 2. The fourth-order valence-corrected chi connectivity index (χ4v) is 4.83. The highest BCUT2D eigenvalue weighted by Gasteiger charge is 2.29. The molecule has 3 aromatic rings. The Morgan fingerprint density at radius 1 is 1.23 bits per heavy atom. The van der Waals surface area contributed by atoms with E-state index < -0.39 is 11.7 Å². The van der Waals surface area contributed by atoms with Gasteiger partial charge >= 0.3 is 0 Å². The van der Waals surface area contributed by atoms with E-state index in [1.165, 1.54) is 19.4 Å². The third-order valence-corrected chi connectivity index (χ3v) is 7.11. The number of hydrogen-bond acceptors (Lipinski definition) is 8. The quantitative estimate of drug-likeness (QED) is 0.392. The average Bonchev–Trinajstić information content (AvgIpc) is 3.21. The van der Waals surface area contributed by atoms with E-state index in [2.05, 4.69) is 30.8 Å². The number of methoxy groups -OCH3 is 1. The van der Waals surface area contributed by atoms with E-state index in [-0.39, 0.29) is 51.8 Å². The number of carbonyl (C=O) groups is 2. The van der Waals surface area contributed by atoms with Gasteiger partial charge in [0, 0.05) is 12.1 Å². The van der Waals surface area contributed by atoms with Crippen LogP contribution in [-0.2, 0) is 0 Å². The second-order valence-corrected chi connectivity index (χ2v) is 9.98. The van der Waals surface area contributed by atoms with Crippen LogP contribution in [0.1, 0.15) is 52.1 Å². The molecule has 0 spiro atoms. The molecule has 3 heterocycles. The third kappa shape index (κ3) is 5.59. The van der Waals surface area contributed by atoms with Gasteiger partial charge in [-0.25, -0.2) is 9.37 Å². The molecule has 0 aliphatic carbocycles. The van der Waals surface area contributed by atoms with Crippen LogP contribution in [0.2, 0.25) is 5.02 Å². The Bertz CT molecular complexity index is 1430. The molecule has 204 valence electrons. The molecule has 5 rings (SSSR count). The standard InChI is InChI=1S/C27H28ClFN6O4/c1-14-16-5-4-6-21(23(16)25(37)31-14)39-26-18(28)13-30-27(34-26)33-20-12-19(29)17(11-22(20)38-3)24(36)32-15-7-9-35(2)10-8-15/h4-6,11-15H,7-10H2,1-3H3,(H,31,37)(H,32,36)(H,30,33,34)/t14-/m0/s1. The molecule has 0 radical (unpaired) electrons. The predicted octanol–water partition coefficient (Wildman–Crippen LogP) is 4.44. The van der Waals surface area contributed by atoms with Crippen molar-refractivity contribution >= 4 is 35.1 Å². The summed E-state index contributed by atoms with van der Waals surface area (Å²) in [4.78, 5) is 35.9. The predicted molar refractivity (Wildman–Crippen MR) is 144 cm³/mol. The molecule has 3 N–H and O–H groups in total. The summed E-state index contributed by atoms with van der Waals surface area (Å²) in [5.41, 5.74) is 1.30. The number of benzene rings is 2. The zero-order valence-corrected chi connectivity index (χ0v) is 22.4. The molecule has 2 aromatic carbocycles. The van der Waals surface area contributed by atoms with Gasteiger partial charge in [-0.2, -0.15) is 4.98 Å². The second-order valence-electron chi connectivity index (χ2n) is 9.57. The van der Waals surface area contributed by atoms with Crippen molar-refractivity contribution in [3.63, 3.8) is 0 Å². The summed E-state index contributed by atoms with van der Waals surface area (Å²) in [5.74, 6) is -0.920. The monoisotopic (exact) mass is 554 g/mol. The minimum absolute atomic E-state index is 0.00323. The summed E-state index contributed by atoms with van der Waals surface area (Å²) >= 11 is 6.28. The summed E-state index contributed by atoms with van der Waals surface area (Å²) in [7, 11) is 3.44. The molecule has 1 saturated heterocycles. The fraction of sp³-hybridized carbons (Fsp3) is 0.333. The molecule has 2 amide bonds. The van der Waals surface area contributed by atoms with Crippen molar-refractivity contribution in [2.45, 2.75) is 31.8 Å². The lowest BCUT2D eigenvalue weighted by Gasteiger charge is -2.29. The first-order valence-corrected chi connectivity index (χ1v) is 12.9. The van der Waals surface area contributed by atoms with Gasteiger partial charge in [-0.05, 0) is 57.6 Å². The summed E-state index contributed by atoms with van der Waals surface area (Å²) < 4.78 is 26.4. The van der Waals surface area contributed by atoms with Gasteiger partial charge in [0.05, 0.1) is 36.2 Å². The molecular formula is C27H28ClFN6O4. The van der Waals surface area contributed by atoms with Crippen LogP contribution >= 0.6 is 11.6 Å². The minimum Gasteiger partial charge on any atom is -0.495 e. The highest BCUT2D eigenvalue weighted by atomic mass is 35.5. The van der Waals surface area contributed by atoms with Crippen LogP contribution in [-0.4, -0.2) is 60.0 Å². The number of hydrogen-bond donors (Lipinski definition) is 3. The third-order valence-electron chi connectivity index (χ3n) is 6.85. The van der Waals surface area contributed by atoms with Crippen LogP contribution in [0.15, 0.2) is 36.5 Å². The Morgan fingerprint density at radius 3 is 2.74 bits per heavy atom. The van der Waals surface area contributed by atoms with Crippen LogP contribution in [0, 0.1) is 5.82 Å². The Morgan fingerprint density at radius 2 is 2.00 bits per heavy atom. The first-order valence-electron chi connectivity index (χ1n) is 12.5. The lowest BCUT2D eigenvalue weighted by atomic mass is 10.0. The van der Waals surface area contributed by atoms with Gasteiger partial charge in [-0.1, -0.05) is 23.7 Å². The molecule has 2 aliphatic rings. The van der Waals surface area contributed by atoms with Gasteiger partial charge in [0.2, 0.25) is 11.8 Å². The number of anilines is 2. The summed E-state index contributed by atoms with van der Waals surface area (Å²) in [6.07, 6.45) is 2.92. The summed E-state index contributed by atoms with van der Waals surface area (Å²) in [6, 6.07) is 7.59. The molecule has 10 nitrogen and oxygen atoms in total. The maximum atomic E-state index is 15.1. The number of nitrogens with one attached hydrogen (secondary N) is 3. The van der Waals surface area contributed by atoms with Gasteiger partial charge in [0.25, 0.3) is 11.8 Å². The molecular weight excluding hydrogens is 527 g/mol. The fourth-order valence-electron chi connectivity index (χ4n) is 4.70. The Balaban J connectivity index is 1.36. The molecule has 2 aliphatic heterocycles. The van der Waals surface area contributed by atoms with Crippen molar-refractivity contribution in [2.75, 3.05) is 32.6 Å². The van der Waals surface area contributed by atoms with Crippen molar-refractivity contribution < 1.29 is 23.5 Å². The van der Waals surface area contributed by atoms with Crippen LogP contribution in [0.25, 0.3) is 0 Å². The lowest BCUT2D eigenvalue weighted by Crippen LogP contribution is -2.43. The van der Waals surface area contributed by atoms with Gasteiger partial charge in [-0.3, -0.25) is 9.59 Å². The van der Waals surface area contributed by atoms with E-state index in [1.54, 1.807) is 12.1 Å². The van der Waals surface area contributed by atoms with E-state index >= 15 is 4.39 Å². The first-order chi connectivity index (χ1) is 18.7.